The minimum atomic E-state index is -0.785. The predicted octanol–water partition coefficient (Wildman–Crippen LogP) is 3.31. The van der Waals surface area contributed by atoms with Gasteiger partial charge in [-0.05, 0) is 61.4 Å². The van der Waals surface area contributed by atoms with Crippen molar-refractivity contribution in [1.82, 2.24) is 4.90 Å². The number of hydrogen-bond acceptors (Lipinski definition) is 4. The van der Waals surface area contributed by atoms with E-state index in [1.165, 1.54) is 0 Å². The van der Waals surface area contributed by atoms with Gasteiger partial charge in [-0.15, -0.1) is 0 Å². The highest BCUT2D eigenvalue weighted by atomic mass is 16.3. The summed E-state index contributed by atoms with van der Waals surface area (Å²) < 4.78 is 0. The van der Waals surface area contributed by atoms with Crippen LogP contribution in [0.15, 0.2) is 42.5 Å². The Bertz CT molecular complexity index is 934. The number of aliphatic hydroxyl groups excluding tert-OH is 1. The number of anilines is 1. The second kappa shape index (κ2) is 8.14. The van der Waals surface area contributed by atoms with Crippen molar-refractivity contribution < 1.29 is 15.0 Å². The maximum atomic E-state index is 11.9. The van der Waals surface area contributed by atoms with Gasteiger partial charge in [-0.1, -0.05) is 36.4 Å². The lowest BCUT2D eigenvalue weighted by molar-refractivity contribution is -0.116. The van der Waals surface area contributed by atoms with Gasteiger partial charge in [0.15, 0.2) is 0 Å². The van der Waals surface area contributed by atoms with Crippen molar-refractivity contribution in [2.45, 2.75) is 57.8 Å². The summed E-state index contributed by atoms with van der Waals surface area (Å²) in [6.45, 7) is 7.76. The number of aryl methyl sites for hydroxylation is 1. The van der Waals surface area contributed by atoms with Crippen molar-refractivity contribution in [1.29, 1.82) is 0 Å². The van der Waals surface area contributed by atoms with Crippen molar-refractivity contribution in [2.24, 2.45) is 0 Å². The maximum absolute atomic E-state index is 11.9. The van der Waals surface area contributed by atoms with Crippen LogP contribution in [-0.4, -0.2) is 46.7 Å². The number of aliphatic hydroxyl groups is 2. The molecule has 1 amide bonds. The Hall–Kier alpha value is -2.21. The molecule has 1 saturated heterocycles. The standard InChI is InChI=1S/C25H32N2O3/c1-17-6-4-5-7-22(17)25(30)10-12-26(13-11-25)16-24(29)20-8-9-23-21(15-20)14-18(2)27(23)19(3)28/h4-9,15,18,24,29-30H,10-14,16H2,1-3H3/t18-,24+/m0/s1. The van der Waals surface area contributed by atoms with Crippen LogP contribution in [0.25, 0.3) is 0 Å². The van der Waals surface area contributed by atoms with Crippen LogP contribution in [0.5, 0.6) is 0 Å². The zero-order valence-corrected chi connectivity index (χ0v) is 18.1. The predicted molar refractivity (Wildman–Crippen MR) is 118 cm³/mol. The molecular weight excluding hydrogens is 376 g/mol. The summed E-state index contributed by atoms with van der Waals surface area (Å²) in [5.41, 5.74) is 4.35. The van der Waals surface area contributed by atoms with Gasteiger partial charge in [-0.2, -0.15) is 0 Å². The Morgan fingerprint density at radius 2 is 1.90 bits per heavy atom. The van der Waals surface area contributed by atoms with Crippen molar-refractivity contribution in [3.8, 4) is 0 Å². The molecule has 5 heteroatoms. The van der Waals surface area contributed by atoms with Gasteiger partial charge in [0, 0.05) is 38.3 Å². The number of hydrogen-bond donors (Lipinski definition) is 2. The van der Waals surface area contributed by atoms with Gasteiger partial charge < -0.3 is 20.0 Å². The molecular formula is C25H32N2O3. The van der Waals surface area contributed by atoms with Crippen LogP contribution in [-0.2, 0) is 16.8 Å². The topological polar surface area (TPSA) is 64.0 Å². The van der Waals surface area contributed by atoms with Crippen LogP contribution < -0.4 is 4.90 Å². The Balaban J connectivity index is 1.40. The average Bonchev–Trinajstić information content (AvgIpc) is 3.05. The van der Waals surface area contributed by atoms with E-state index in [0.717, 1.165) is 47.5 Å². The fourth-order valence-corrected chi connectivity index (χ4v) is 5.16. The fourth-order valence-electron chi connectivity index (χ4n) is 5.16. The molecule has 2 N–H and O–H groups in total. The van der Waals surface area contributed by atoms with Crippen molar-refractivity contribution >= 4 is 11.6 Å². The Kier molecular flexibility index (Phi) is 5.71. The summed E-state index contributed by atoms with van der Waals surface area (Å²) in [5, 5.41) is 22.0. The van der Waals surface area contributed by atoms with Crippen LogP contribution in [0.2, 0.25) is 0 Å². The molecule has 30 heavy (non-hydrogen) atoms. The van der Waals surface area contributed by atoms with Crippen molar-refractivity contribution in [2.75, 3.05) is 24.5 Å². The van der Waals surface area contributed by atoms with E-state index in [9.17, 15) is 15.0 Å². The molecule has 2 aliphatic heterocycles. The molecule has 2 aromatic rings. The van der Waals surface area contributed by atoms with Gasteiger partial charge in [0.1, 0.15) is 0 Å². The molecule has 0 unspecified atom stereocenters. The van der Waals surface area contributed by atoms with E-state index >= 15 is 0 Å². The fraction of sp³-hybridized carbons (Fsp3) is 0.480. The highest BCUT2D eigenvalue weighted by molar-refractivity contribution is 5.94. The zero-order chi connectivity index (χ0) is 21.5. The lowest BCUT2D eigenvalue weighted by Crippen LogP contribution is -2.44. The minimum absolute atomic E-state index is 0.0593. The smallest absolute Gasteiger partial charge is 0.224 e. The van der Waals surface area contributed by atoms with E-state index in [0.29, 0.717) is 19.4 Å². The molecule has 0 aliphatic carbocycles. The number of carbonyl (C=O) groups is 1. The molecule has 0 radical (unpaired) electrons. The molecule has 1 fully saturated rings. The van der Waals surface area contributed by atoms with E-state index in [-0.39, 0.29) is 11.9 Å². The molecule has 0 bridgehead atoms. The number of likely N-dealkylation sites (tertiary alicyclic amines) is 1. The van der Waals surface area contributed by atoms with Crippen LogP contribution in [0, 0.1) is 6.92 Å². The normalized spacial score (nSPS) is 22.0. The molecule has 160 valence electrons. The molecule has 0 saturated carbocycles. The van der Waals surface area contributed by atoms with E-state index < -0.39 is 11.7 Å². The number of fused-ring (bicyclic) bond motifs is 1. The Morgan fingerprint density at radius 1 is 1.20 bits per heavy atom. The zero-order valence-electron chi connectivity index (χ0n) is 18.1. The third kappa shape index (κ3) is 3.89. The van der Waals surface area contributed by atoms with E-state index in [1.807, 2.05) is 54.3 Å². The first-order valence-electron chi connectivity index (χ1n) is 10.9. The highest BCUT2D eigenvalue weighted by Crippen LogP contribution is 2.36. The second-order valence-electron chi connectivity index (χ2n) is 8.99. The third-order valence-electron chi connectivity index (χ3n) is 6.80. The largest absolute Gasteiger partial charge is 0.387 e. The third-order valence-corrected chi connectivity index (χ3v) is 6.80. The quantitative estimate of drug-likeness (QED) is 0.815. The van der Waals surface area contributed by atoms with Gasteiger partial charge >= 0.3 is 0 Å². The molecule has 4 rings (SSSR count). The maximum Gasteiger partial charge on any atom is 0.224 e. The number of piperidine rings is 1. The first-order chi connectivity index (χ1) is 14.3. The number of amides is 1. The summed E-state index contributed by atoms with van der Waals surface area (Å²) in [7, 11) is 0. The van der Waals surface area contributed by atoms with E-state index in [1.54, 1.807) is 6.92 Å². The number of rotatable bonds is 4. The van der Waals surface area contributed by atoms with Crippen LogP contribution in [0.3, 0.4) is 0 Å². The molecule has 2 heterocycles. The van der Waals surface area contributed by atoms with Crippen LogP contribution >= 0.6 is 0 Å². The Morgan fingerprint density at radius 3 is 2.57 bits per heavy atom. The number of β-amino-alcohol motifs (C(OH)–C–C–N with tert-alkyl or cyclic N) is 1. The van der Waals surface area contributed by atoms with Crippen LogP contribution in [0.4, 0.5) is 5.69 Å². The number of carbonyl (C=O) groups excluding carboxylic acids is 1. The van der Waals surface area contributed by atoms with Gasteiger partial charge in [0.25, 0.3) is 0 Å². The molecule has 2 atom stereocenters. The van der Waals surface area contributed by atoms with Gasteiger partial charge in [0.2, 0.25) is 5.91 Å². The SMILES string of the molecule is CC(=O)N1c2ccc([C@H](O)CN3CCC(O)(c4ccccc4C)CC3)cc2C[C@@H]1C. The van der Waals surface area contributed by atoms with Crippen LogP contribution in [0.1, 0.15) is 55.0 Å². The second-order valence-corrected chi connectivity index (χ2v) is 8.99. The van der Waals surface area contributed by atoms with Crippen molar-refractivity contribution in [3.05, 3.63) is 64.7 Å². The van der Waals surface area contributed by atoms with Gasteiger partial charge in [-0.3, -0.25) is 4.79 Å². The highest BCUT2D eigenvalue weighted by Gasteiger charge is 2.35. The first-order valence-corrected chi connectivity index (χ1v) is 10.9. The summed E-state index contributed by atoms with van der Waals surface area (Å²) in [5.74, 6) is 0.0593. The first kappa shape index (κ1) is 21.0. The molecule has 2 aromatic carbocycles. The lowest BCUT2D eigenvalue weighted by Gasteiger charge is -2.40. The summed E-state index contributed by atoms with van der Waals surface area (Å²) >= 11 is 0. The number of benzene rings is 2. The van der Waals surface area contributed by atoms with E-state index in [4.69, 9.17) is 0 Å². The summed E-state index contributed by atoms with van der Waals surface area (Å²) in [6.07, 6.45) is 1.57. The van der Waals surface area contributed by atoms with Crippen molar-refractivity contribution in [3.63, 3.8) is 0 Å². The summed E-state index contributed by atoms with van der Waals surface area (Å²) in [6, 6.07) is 14.2. The van der Waals surface area contributed by atoms with E-state index in [2.05, 4.69) is 11.8 Å². The minimum Gasteiger partial charge on any atom is -0.387 e. The lowest BCUT2D eigenvalue weighted by atomic mass is 9.82. The van der Waals surface area contributed by atoms with Gasteiger partial charge in [0.05, 0.1) is 11.7 Å². The molecule has 0 aromatic heterocycles. The average molecular weight is 409 g/mol. The molecule has 0 spiro atoms. The summed E-state index contributed by atoms with van der Waals surface area (Å²) in [4.78, 5) is 16.0. The monoisotopic (exact) mass is 408 g/mol. The van der Waals surface area contributed by atoms with Gasteiger partial charge in [-0.25, -0.2) is 0 Å². The number of nitrogens with zero attached hydrogens (tertiary/aromatic N) is 2. The Labute approximate surface area is 178 Å². The molecule has 2 aliphatic rings. The molecule has 5 nitrogen and oxygen atoms in total.